The fourth-order valence-corrected chi connectivity index (χ4v) is 5.96. The highest BCUT2D eigenvalue weighted by molar-refractivity contribution is 5.98. The Labute approximate surface area is 341 Å². The fourth-order valence-electron chi connectivity index (χ4n) is 5.96. The van der Waals surface area contributed by atoms with E-state index < -0.39 is 48.0 Å². The van der Waals surface area contributed by atoms with Gasteiger partial charge in [0.25, 0.3) is 0 Å². The molecule has 2 fully saturated rings. The molecule has 6 rings (SSSR count). The monoisotopic (exact) mass is 824 g/mol. The largest absolute Gasteiger partial charge is 0.493 e. The Morgan fingerprint density at radius 2 is 1.07 bits per heavy atom. The lowest BCUT2D eigenvalue weighted by atomic mass is 10.1. The Hall–Kier alpha value is -7.50. The number of hydrogen-bond donors (Lipinski definition) is 0. The van der Waals surface area contributed by atoms with Crippen molar-refractivity contribution in [3.8, 4) is 46.0 Å². The van der Waals surface area contributed by atoms with Gasteiger partial charge in [0.15, 0.2) is 40.6 Å². The van der Waals surface area contributed by atoms with Crippen LogP contribution >= 0.6 is 0 Å². The minimum absolute atomic E-state index is 0.0245. The maximum Gasteiger partial charge on any atom is 0.343 e. The van der Waals surface area contributed by atoms with E-state index in [9.17, 15) is 28.8 Å². The number of benzene rings is 4. The third-order valence-electron chi connectivity index (χ3n) is 8.92. The van der Waals surface area contributed by atoms with Gasteiger partial charge in [-0.05, 0) is 67.1 Å². The number of esters is 6. The van der Waals surface area contributed by atoms with Gasteiger partial charge in [-0.15, -0.1) is 0 Å². The number of rotatable bonds is 15. The zero-order valence-electron chi connectivity index (χ0n) is 32.3. The summed E-state index contributed by atoms with van der Waals surface area (Å²) >= 11 is 0. The van der Waals surface area contributed by atoms with Crippen LogP contribution in [0.15, 0.2) is 98.1 Å². The minimum Gasteiger partial charge on any atom is -0.493 e. The van der Waals surface area contributed by atoms with Crippen molar-refractivity contribution in [1.29, 1.82) is 0 Å². The van der Waals surface area contributed by atoms with Gasteiger partial charge >= 0.3 is 35.8 Å². The third-order valence-corrected chi connectivity index (χ3v) is 8.92. The van der Waals surface area contributed by atoms with Gasteiger partial charge in [0.2, 0.25) is 0 Å². The first-order valence-corrected chi connectivity index (χ1v) is 17.9. The van der Waals surface area contributed by atoms with Crippen LogP contribution in [0.4, 0.5) is 0 Å². The second kappa shape index (κ2) is 18.8. The number of carbonyl (C=O) groups is 6. The smallest absolute Gasteiger partial charge is 0.343 e. The third kappa shape index (κ3) is 9.61. The average Bonchev–Trinajstić information content (AvgIpc) is 3.89. The lowest BCUT2D eigenvalue weighted by Gasteiger charge is -2.19. The number of carbonyl (C=O) groups excluding carboxylic acids is 6. The van der Waals surface area contributed by atoms with Crippen LogP contribution in [0.5, 0.6) is 46.0 Å². The van der Waals surface area contributed by atoms with E-state index in [2.05, 4.69) is 13.2 Å². The summed E-state index contributed by atoms with van der Waals surface area (Å²) in [6.07, 6.45) is 1.09. The quantitative estimate of drug-likeness (QED) is 0.0851. The molecule has 0 amide bonds. The first-order valence-electron chi connectivity index (χ1n) is 17.9. The Bertz CT molecular complexity index is 2350. The second-order valence-corrected chi connectivity index (χ2v) is 12.6. The molecule has 310 valence electrons. The average molecular weight is 825 g/mol. The van der Waals surface area contributed by atoms with Gasteiger partial charge in [0.05, 0.1) is 50.7 Å². The van der Waals surface area contributed by atoms with Crippen LogP contribution in [0.3, 0.4) is 0 Å². The minimum atomic E-state index is -1.01. The molecule has 0 spiro atoms. The summed E-state index contributed by atoms with van der Waals surface area (Å²) in [5.74, 6) is -5.67. The fraction of sp³-hybridized carbons (Fsp3) is 0.209. The van der Waals surface area contributed by atoms with E-state index in [1.54, 1.807) is 0 Å². The molecule has 0 aliphatic carbocycles. The summed E-state index contributed by atoms with van der Waals surface area (Å²) < 4.78 is 60.3. The first-order chi connectivity index (χ1) is 28.9. The molecule has 2 heterocycles. The van der Waals surface area contributed by atoms with E-state index in [0.717, 1.165) is 18.2 Å². The summed E-state index contributed by atoms with van der Waals surface area (Å²) in [4.78, 5) is 77.1. The number of methoxy groups -OCH3 is 3. The normalized spacial score (nSPS) is 16.3. The van der Waals surface area contributed by atoms with Gasteiger partial charge in [-0.25, -0.2) is 28.8 Å². The van der Waals surface area contributed by atoms with E-state index in [0.29, 0.717) is 13.0 Å². The van der Waals surface area contributed by atoms with Crippen LogP contribution in [-0.4, -0.2) is 88.7 Å². The van der Waals surface area contributed by atoms with Crippen LogP contribution in [0.25, 0.3) is 0 Å². The van der Waals surface area contributed by atoms with Crippen molar-refractivity contribution < 1.29 is 80.9 Å². The molecular weight excluding hydrogens is 788 g/mol. The molecule has 2 saturated heterocycles. The van der Waals surface area contributed by atoms with Gasteiger partial charge < -0.3 is 52.1 Å². The van der Waals surface area contributed by atoms with Crippen LogP contribution in [0.2, 0.25) is 0 Å². The van der Waals surface area contributed by atoms with Gasteiger partial charge in [-0.2, -0.15) is 0 Å². The van der Waals surface area contributed by atoms with Crippen LogP contribution < -0.4 is 37.9 Å². The van der Waals surface area contributed by atoms with Crippen molar-refractivity contribution in [1.82, 2.24) is 0 Å². The molecule has 4 aromatic carbocycles. The maximum atomic E-state index is 13.7. The van der Waals surface area contributed by atoms with Gasteiger partial charge in [-0.1, -0.05) is 13.2 Å². The van der Waals surface area contributed by atoms with Crippen LogP contribution in [0.1, 0.15) is 47.9 Å². The molecule has 17 nitrogen and oxygen atoms in total. The molecule has 0 aromatic heterocycles. The predicted octanol–water partition coefficient (Wildman–Crippen LogP) is 5.27. The van der Waals surface area contributed by atoms with E-state index in [1.807, 2.05) is 0 Å². The SMILES string of the molecule is C=CC(=O)Oc1ccc(C(=O)Oc2cc(OC(=O)c3ccc(OC(=O)c4ccc(OC(=O)C=C)c(OC)c4)c(OC)c3)c(C(=O)OC3COC4CCOC43)cc2OC)cc1. The van der Waals surface area contributed by atoms with Crippen LogP contribution in [0, 0.1) is 0 Å². The van der Waals surface area contributed by atoms with Crippen molar-refractivity contribution in [2.45, 2.75) is 24.7 Å². The highest BCUT2D eigenvalue weighted by Crippen LogP contribution is 2.38. The van der Waals surface area contributed by atoms with Crippen molar-refractivity contribution in [2.75, 3.05) is 34.5 Å². The van der Waals surface area contributed by atoms with E-state index >= 15 is 0 Å². The molecule has 3 unspecified atom stereocenters. The van der Waals surface area contributed by atoms with Gasteiger partial charge in [0, 0.05) is 30.9 Å². The van der Waals surface area contributed by atoms with E-state index in [-0.39, 0.29) is 81.0 Å². The van der Waals surface area contributed by atoms with Gasteiger partial charge in [-0.3, -0.25) is 0 Å². The predicted molar refractivity (Wildman–Crippen MR) is 205 cm³/mol. The number of hydrogen-bond acceptors (Lipinski definition) is 17. The number of ether oxygens (including phenoxy) is 11. The molecule has 2 aliphatic heterocycles. The molecule has 17 heteroatoms. The maximum absolute atomic E-state index is 13.7. The Morgan fingerprint density at radius 3 is 1.67 bits per heavy atom. The summed E-state index contributed by atoms with van der Waals surface area (Å²) in [5, 5.41) is 0. The second-order valence-electron chi connectivity index (χ2n) is 12.6. The molecule has 0 bridgehead atoms. The molecular formula is C43H36O17. The van der Waals surface area contributed by atoms with E-state index in [4.69, 9.17) is 52.1 Å². The zero-order chi connectivity index (χ0) is 42.9. The van der Waals surface area contributed by atoms with Crippen molar-refractivity contribution in [3.05, 3.63) is 120 Å². The summed E-state index contributed by atoms with van der Waals surface area (Å²) in [6.45, 7) is 7.19. The van der Waals surface area contributed by atoms with Crippen molar-refractivity contribution in [3.63, 3.8) is 0 Å². The molecule has 0 N–H and O–H groups in total. The van der Waals surface area contributed by atoms with Crippen molar-refractivity contribution >= 4 is 35.8 Å². The molecule has 0 saturated carbocycles. The lowest BCUT2D eigenvalue weighted by Crippen LogP contribution is -2.32. The van der Waals surface area contributed by atoms with E-state index in [1.165, 1.54) is 88.1 Å². The number of fused-ring (bicyclic) bond motifs is 1. The Balaban J connectivity index is 1.25. The zero-order valence-corrected chi connectivity index (χ0v) is 32.3. The van der Waals surface area contributed by atoms with Gasteiger partial charge in [0.1, 0.15) is 23.2 Å². The highest BCUT2D eigenvalue weighted by atomic mass is 16.6. The Kier molecular flexibility index (Phi) is 13.2. The summed E-state index contributed by atoms with van der Waals surface area (Å²) in [7, 11) is 3.86. The lowest BCUT2D eigenvalue weighted by molar-refractivity contribution is -0.129. The Morgan fingerprint density at radius 1 is 0.550 bits per heavy atom. The molecule has 0 radical (unpaired) electrons. The summed E-state index contributed by atoms with van der Waals surface area (Å²) in [6, 6.07) is 15.5. The van der Waals surface area contributed by atoms with Crippen LogP contribution in [-0.2, 0) is 23.8 Å². The van der Waals surface area contributed by atoms with Crippen molar-refractivity contribution in [2.24, 2.45) is 0 Å². The molecule has 4 aromatic rings. The molecule has 2 aliphatic rings. The molecule has 60 heavy (non-hydrogen) atoms. The standard InChI is InChI=1S/C43H36O17/c1-6-37(44)55-26-12-8-23(9-13-26)40(46)59-35-21-31(27(20-34(35)52-5)43(49)60-36-22-54-30-16-17-53-39(30)36)58-42(48)25-11-15-29(33(19-25)51-4)57-41(47)24-10-14-28(32(18-24)50-3)56-38(45)7-2/h6-15,18-21,30,36,39H,1-2,16-17,22H2,3-5H3. The molecule has 3 atom stereocenters. The summed E-state index contributed by atoms with van der Waals surface area (Å²) in [5.41, 5.74) is -0.314. The highest BCUT2D eigenvalue weighted by Gasteiger charge is 2.44. The topological polar surface area (TPSA) is 204 Å². The first kappa shape index (κ1) is 42.1.